The van der Waals surface area contributed by atoms with Crippen LogP contribution in [0.3, 0.4) is 0 Å². The van der Waals surface area contributed by atoms with Gasteiger partial charge in [0.25, 0.3) is 5.91 Å². The molecule has 4 heteroatoms. The molecule has 0 saturated heterocycles. The molecule has 0 spiro atoms. The SMILES string of the molecule is CSC1=NC(=O)CN1C(C)C. The van der Waals surface area contributed by atoms with Crippen LogP contribution in [-0.4, -0.2) is 34.8 Å². The van der Waals surface area contributed by atoms with E-state index >= 15 is 0 Å². The van der Waals surface area contributed by atoms with E-state index in [2.05, 4.69) is 18.8 Å². The summed E-state index contributed by atoms with van der Waals surface area (Å²) in [6.07, 6.45) is 1.94. The first-order valence-electron chi connectivity index (χ1n) is 3.57. The van der Waals surface area contributed by atoms with E-state index in [4.69, 9.17) is 0 Å². The molecule has 62 valence electrons. The third-order valence-electron chi connectivity index (χ3n) is 1.58. The van der Waals surface area contributed by atoms with Crippen molar-refractivity contribution in [1.29, 1.82) is 0 Å². The molecule has 0 atom stereocenters. The van der Waals surface area contributed by atoms with E-state index in [1.165, 1.54) is 11.8 Å². The molecule has 0 saturated carbocycles. The second-order valence-electron chi connectivity index (χ2n) is 2.71. The van der Waals surface area contributed by atoms with E-state index in [1.54, 1.807) is 0 Å². The minimum atomic E-state index is -0.0250. The van der Waals surface area contributed by atoms with Crippen molar-refractivity contribution in [1.82, 2.24) is 4.90 Å². The Hall–Kier alpha value is -0.510. The number of nitrogens with zero attached hydrogens (tertiary/aromatic N) is 2. The second kappa shape index (κ2) is 3.26. The Morgan fingerprint density at radius 2 is 2.27 bits per heavy atom. The summed E-state index contributed by atoms with van der Waals surface area (Å²) in [6, 6.07) is 0.368. The Morgan fingerprint density at radius 1 is 1.64 bits per heavy atom. The van der Waals surface area contributed by atoms with Gasteiger partial charge in [-0.05, 0) is 20.1 Å². The van der Waals surface area contributed by atoms with Gasteiger partial charge in [-0.25, -0.2) is 0 Å². The van der Waals surface area contributed by atoms with Gasteiger partial charge in [0.05, 0.1) is 0 Å². The molecule has 1 aliphatic rings. The van der Waals surface area contributed by atoms with Crippen LogP contribution in [0.1, 0.15) is 13.8 Å². The predicted octanol–water partition coefficient (Wildman–Crippen LogP) is 0.956. The predicted molar refractivity (Wildman–Crippen MR) is 47.8 cm³/mol. The summed E-state index contributed by atoms with van der Waals surface area (Å²) in [4.78, 5) is 16.8. The number of hydrogen-bond acceptors (Lipinski definition) is 3. The third kappa shape index (κ3) is 1.74. The fraction of sp³-hybridized carbons (Fsp3) is 0.714. The average Bonchev–Trinajstić information content (AvgIpc) is 2.30. The Kier molecular flexibility index (Phi) is 2.54. The van der Waals surface area contributed by atoms with Crippen molar-refractivity contribution in [3.63, 3.8) is 0 Å². The number of thioether (sulfide) groups is 1. The van der Waals surface area contributed by atoms with Crippen molar-refractivity contribution >= 4 is 22.8 Å². The van der Waals surface area contributed by atoms with Gasteiger partial charge in [0.1, 0.15) is 6.54 Å². The Bertz CT molecular complexity index is 201. The first kappa shape index (κ1) is 8.59. The largest absolute Gasteiger partial charge is 0.339 e. The van der Waals surface area contributed by atoms with E-state index in [1.807, 2.05) is 11.2 Å². The first-order chi connectivity index (χ1) is 5.15. The van der Waals surface area contributed by atoms with E-state index in [9.17, 15) is 4.79 Å². The van der Waals surface area contributed by atoms with Gasteiger partial charge in [-0.15, -0.1) is 0 Å². The van der Waals surface area contributed by atoms with Crippen molar-refractivity contribution in [2.45, 2.75) is 19.9 Å². The van der Waals surface area contributed by atoms with Crippen LogP contribution in [0.4, 0.5) is 0 Å². The minimum absolute atomic E-state index is 0.0250. The van der Waals surface area contributed by atoms with Crippen LogP contribution in [0.15, 0.2) is 4.99 Å². The highest BCUT2D eigenvalue weighted by molar-refractivity contribution is 8.13. The van der Waals surface area contributed by atoms with E-state index in [-0.39, 0.29) is 5.91 Å². The Labute approximate surface area is 70.9 Å². The van der Waals surface area contributed by atoms with E-state index < -0.39 is 0 Å². The number of amidine groups is 1. The summed E-state index contributed by atoms with van der Waals surface area (Å²) in [5, 5.41) is 0.852. The van der Waals surface area contributed by atoms with Crippen LogP contribution in [0.25, 0.3) is 0 Å². The molecule has 0 unspecified atom stereocenters. The fourth-order valence-electron chi connectivity index (χ4n) is 0.986. The van der Waals surface area contributed by atoms with Gasteiger partial charge >= 0.3 is 0 Å². The number of hydrogen-bond donors (Lipinski definition) is 0. The van der Waals surface area contributed by atoms with Gasteiger partial charge in [-0.2, -0.15) is 4.99 Å². The quantitative estimate of drug-likeness (QED) is 0.590. The molecule has 0 fully saturated rings. The van der Waals surface area contributed by atoms with Crippen LogP contribution in [0, 0.1) is 0 Å². The summed E-state index contributed by atoms with van der Waals surface area (Å²) in [6.45, 7) is 4.57. The zero-order valence-corrected chi connectivity index (χ0v) is 7.81. The molecular weight excluding hydrogens is 160 g/mol. The fourth-order valence-corrected chi connectivity index (χ4v) is 1.69. The van der Waals surface area contributed by atoms with Crippen LogP contribution < -0.4 is 0 Å². The number of carbonyl (C=O) groups excluding carboxylic acids is 1. The van der Waals surface area contributed by atoms with Gasteiger partial charge < -0.3 is 4.90 Å². The summed E-state index contributed by atoms with van der Waals surface area (Å²) in [5.41, 5.74) is 0. The van der Waals surface area contributed by atoms with E-state index in [0.717, 1.165) is 5.17 Å². The topological polar surface area (TPSA) is 32.7 Å². The summed E-state index contributed by atoms with van der Waals surface area (Å²) in [5.74, 6) is -0.0250. The smallest absolute Gasteiger partial charge is 0.267 e. The molecule has 1 aliphatic heterocycles. The van der Waals surface area contributed by atoms with Crippen LogP contribution >= 0.6 is 11.8 Å². The van der Waals surface area contributed by atoms with Gasteiger partial charge in [-0.3, -0.25) is 4.79 Å². The van der Waals surface area contributed by atoms with Gasteiger partial charge in [-0.1, -0.05) is 11.8 Å². The molecule has 0 N–H and O–H groups in total. The number of rotatable bonds is 1. The average molecular weight is 172 g/mol. The number of amides is 1. The highest BCUT2D eigenvalue weighted by Gasteiger charge is 2.24. The molecule has 11 heavy (non-hydrogen) atoms. The van der Waals surface area contributed by atoms with Crippen LogP contribution in [-0.2, 0) is 4.79 Å². The molecule has 0 aromatic heterocycles. The van der Waals surface area contributed by atoms with Crippen molar-refractivity contribution < 1.29 is 4.79 Å². The minimum Gasteiger partial charge on any atom is -0.339 e. The molecule has 0 aromatic carbocycles. The van der Waals surface area contributed by atoms with Crippen molar-refractivity contribution in [3.05, 3.63) is 0 Å². The first-order valence-corrected chi connectivity index (χ1v) is 4.79. The lowest BCUT2D eigenvalue weighted by molar-refractivity contribution is -0.117. The van der Waals surface area contributed by atoms with Gasteiger partial charge in [0.2, 0.25) is 0 Å². The molecule has 0 bridgehead atoms. The highest BCUT2D eigenvalue weighted by Crippen LogP contribution is 2.14. The van der Waals surface area contributed by atoms with Gasteiger partial charge in [0.15, 0.2) is 5.17 Å². The second-order valence-corrected chi connectivity index (χ2v) is 3.49. The zero-order chi connectivity index (χ0) is 8.43. The molecule has 0 aromatic rings. The van der Waals surface area contributed by atoms with Crippen molar-refractivity contribution in [3.8, 4) is 0 Å². The summed E-state index contributed by atoms with van der Waals surface area (Å²) in [7, 11) is 0. The Balaban J connectivity index is 2.71. The van der Waals surface area contributed by atoms with Crippen LogP contribution in [0.5, 0.6) is 0 Å². The zero-order valence-electron chi connectivity index (χ0n) is 7.00. The molecule has 3 nitrogen and oxygen atoms in total. The monoisotopic (exact) mass is 172 g/mol. The lowest BCUT2D eigenvalue weighted by Gasteiger charge is -2.21. The molecule has 0 aliphatic carbocycles. The maximum Gasteiger partial charge on any atom is 0.267 e. The summed E-state index contributed by atoms with van der Waals surface area (Å²) >= 11 is 1.53. The number of aliphatic imine (C=N–C) groups is 1. The highest BCUT2D eigenvalue weighted by atomic mass is 32.2. The Morgan fingerprint density at radius 3 is 2.64 bits per heavy atom. The number of carbonyl (C=O) groups is 1. The molecule has 1 amide bonds. The molecule has 1 heterocycles. The third-order valence-corrected chi connectivity index (χ3v) is 2.27. The lowest BCUT2D eigenvalue weighted by Crippen LogP contribution is -2.33. The summed E-state index contributed by atoms with van der Waals surface area (Å²) < 4.78 is 0. The van der Waals surface area contributed by atoms with Crippen LogP contribution in [0.2, 0.25) is 0 Å². The van der Waals surface area contributed by atoms with Crippen molar-refractivity contribution in [2.24, 2.45) is 4.99 Å². The maximum atomic E-state index is 10.9. The normalized spacial score (nSPS) is 18.0. The molecular formula is C7H12N2OS. The van der Waals surface area contributed by atoms with Gasteiger partial charge in [0, 0.05) is 6.04 Å². The lowest BCUT2D eigenvalue weighted by atomic mass is 10.3. The van der Waals surface area contributed by atoms with E-state index in [0.29, 0.717) is 12.6 Å². The standard InChI is InChI=1S/C7H12N2OS/c1-5(2)9-4-6(10)8-7(9)11-3/h5H,4H2,1-3H3. The van der Waals surface area contributed by atoms with Crippen molar-refractivity contribution in [2.75, 3.05) is 12.8 Å². The molecule has 1 rings (SSSR count). The molecule has 0 radical (unpaired) electrons. The maximum absolute atomic E-state index is 10.9.